The molecule has 0 fully saturated rings. The molecule has 0 unspecified atom stereocenters. The molecule has 0 radical (unpaired) electrons. The molecule has 120 valence electrons. The Morgan fingerprint density at radius 3 is 2.45 bits per heavy atom. The molecule has 0 bridgehead atoms. The molecule has 1 rings (SSSR count). The van der Waals surface area contributed by atoms with Gasteiger partial charge in [0.1, 0.15) is 0 Å². The van der Waals surface area contributed by atoms with Crippen LogP contribution in [0.5, 0.6) is 0 Å². The Kier molecular flexibility index (Phi) is 5.73. The van der Waals surface area contributed by atoms with Gasteiger partial charge < -0.3 is 11.5 Å². The first-order chi connectivity index (χ1) is 10.2. The lowest BCUT2D eigenvalue weighted by molar-refractivity contribution is -0.137. The summed E-state index contributed by atoms with van der Waals surface area (Å²) in [4.78, 5) is 15.1. The van der Waals surface area contributed by atoms with Crippen molar-refractivity contribution in [2.24, 2.45) is 16.5 Å². The number of allylic oxidation sites excluding steroid dienone is 1. The van der Waals surface area contributed by atoms with Crippen LogP contribution in [0.15, 0.2) is 23.2 Å². The van der Waals surface area contributed by atoms with Crippen molar-refractivity contribution in [1.29, 1.82) is 0 Å². The normalized spacial score (nSPS) is 11.7. The molecule has 22 heavy (non-hydrogen) atoms. The van der Waals surface area contributed by atoms with Gasteiger partial charge in [-0.3, -0.25) is 4.79 Å². The summed E-state index contributed by atoms with van der Waals surface area (Å²) in [6, 6.07) is 2.10. The molecule has 1 aromatic carbocycles. The maximum absolute atomic E-state index is 13.2. The zero-order valence-corrected chi connectivity index (χ0v) is 12.4. The minimum Gasteiger partial charge on any atom is -0.370 e. The summed E-state index contributed by atoms with van der Waals surface area (Å²) in [6.07, 6.45) is 0.00514. The lowest BCUT2D eigenvalue weighted by Crippen LogP contribution is -2.24. The third-order valence-corrected chi connectivity index (χ3v) is 2.92. The molecule has 7 heteroatoms. The first kappa shape index (κ1) is 17.7. The Balaban J connectivity index is 3.42. The molecule has 4 nitrogen and oxygen atoms in total. The highest BCUT2D eigenvalue weighted by Gasteiger charge is 2.34. The van der Waals surface area contributed by atoms with Gasteiger partial charge in [0, 0.05) is 5.56 Å². The lowest BCUT2D eigenvalue weighted by Gasteiger charge is -2.13. The zero-order valence-electron chi connectivity index (χ0n) is 12.4. The van der Waals surface area contributed by atoms with Crippen LogP contribution in [0.4, 0.5) is 13.2 Å². The van der Waals surface area contributed by atoms with Gasteiger partial charge in [-0.15, -0.1) is 0 Å². The van der Waals surface area contributed by atoms with E-state index in [1.54, 1.807) is 6.08 Å². The summed E-state index contributed by atoms with van der Waals surface area (Å²) in [7, 11) is 0. The van der Waals surface area contributed by atoms with Crippen LogP contribution >= 0.6 is 0 Å². The molecular weight excluding hydrogens is 295 g/mol. The van der Waals surface area contributed by atoms with Crippen molar-refractivity contribution in [2.75, 3.05) is 0 Å². The largest absolute Gasteiger partial charge is 0.417 e. The van der Waals surface area contributed by atoms with Gasteiger partial charge in [-0.05, 0) is 30.5 Å². The number of alkyl halides is 3. The Morgan fingerprint density at radius 1 is 1.32 bits per heavy atom. The van der Waals surface area contributed by atoms with E-state index in [0.29, 0.717) is 12.0 Å². The molecule has 0 aliphatic carbocycles. The zero-order chi connectivity index (χ0) is 16.9. The van der Waals surface area contributed by atoms with E-state index in [-0.39, 0.29) is 11.1 Å². The summed E-state index contributed by atoms with van der Waals surface area (Å²) >= 11 is 0. The minimum atomic E-state index is -4.58. The fourth-order valence-electron chi connectivity index (χ4n) is 1.90. The van der Waals surface area contributed by atoms with Crippen LogP contribution in [0.3, 0.4) is 0 Å². The van der Waals surface area contributed by atoms with E-state index < -0.39 is 23.6 Å². The summed E-state index contributed by atoms with van der Waals surface area (Å²) in [5, 5.41) is 0. The van der Waals surface area contributed by atoms with E-state index in [0.717, 1.165) is 12.5 Å². The number of aliphatic imine (C=N–C) groups is 1. The number of carbonyl (C=O) groups is 1. The average Bonchev–Trinajstić information content (AvgIpc) is 2.36. The standard InChI is InChI=1S/C15H18F3N3O/c1-3-4-5-6-10-7-9(2)11(13(22)21-14(19)20)8-12(10)15(16,17)18/h5-8H,3-4H2,1-2H3,(H4,19,20,21,22). The Bertz CT molecular complexity index is 615. The first-order valence-electron chi connectivity index (χ1n) is 6.69. The number of hydrogen-bond donors (Lipinski definition) is 2. The molecule has 1 aromatic rings. The molecule has 0 saturated heterocycles. The van der Waals surface area contributed by atoms with Crippen LogP contribution in [0, 0.1) is 6.92 Å². The second-order valence-corrected chi connectivity index (χ2v) is 4.79. The number of guanidine groups is 1. The van der Waals surface area contributed by atoms with Crippen molar-refractivity contribution >= 4 is 17.9 Å². The monoisotopic (exact) mass is 313 g/mol. The van der Waals surface area contributed by atoms with Crippen LogP contribution in [0.25, 0.3) is 6.08 Å². The number of nitrogens with two attached hydrogens (primary N) is 2. The van der Waals surface area contributed by atoms with Gasteiger partial charge in [0.15, 0.2) is 5.96 Å². The number of halogens is 3. The van der Waals surface area contributed by atoms with Gasteiger partial charge in [-0.2, -0.15) is 18.2 Å². The van der Waals surface area contributed by atoms with E-state index in [9.17, 15) is 18.0 Å². The highest BCUT2D eigenvalue weighted by Crippen LogP contribution is 2.34. The highest BCUT2D eigenvalue weighted by molar-refractivity contribution is 6.03. The Hall–Kier alpha value is -2.31. The predicted molar refractivity (Wildman–Crippen MR) is 80.3 cm³/mol. The molecule has 0 aliphatic heterocycles. The predicted octanol–water partition coefficient (Wildman–Crippen LogP) is 3.24. The number of aryl methyl sites for hydroxylation is 1. The fourth-order valence-corrected chi connectivity index (χ4v) is 1.90. The van der Waals surface area contributed by atoms with E-state index >= 15 is 0 Å². The van der Waals surface area contributed by atoms with Gasteiger partial charge in [-0.1, -0.05) is 31.6 Å². The van der Waals surface area contributed by atoms with E-state index in [4.69, 9.17) is 11.5 Å². The molecule has 0 heterocycles. The maximum Gasteiger partial charge on any atom is 0.417 e. The molecule has 0 atom stereocenters. The Labute approximate surface area is 126 Å². The number of unbranched alkanes of at least 4 members (excludes halogenated alkanes) is 1. The number of hydrogen-bond acceptors (Lipinski definition) is 1. The van der Waals surface area contributed by atoms with Crippen molar-refractivity contribution in [3.8, 4) is 0 Å². The van der Waals surface area contributed by atoms with Crippen LogP contribution in [0.1, 0.15) is 46.8 Å². The van der Waals surface area contributed by atoms with Crippen molar-refractivity contribution in [3.63, 3.8) is 0 Å². The summed E-state index contributed by atoms with van der Waals surface area (Å²) in [6.45, 7) is 3.46. The maximum atomic E-state index is 13.2. The summed E-state index contributed by atoms with van der Waals surface area (Å²) in [5.74, 6) is -1.39. The van der Waals surface area contributed by atoms with Crippen LogP contribution in [-0.2, 0) is 6.18 Å². The number of benzene rings is 1. The molecule has 0 saturated carbocycles. The SMILES string of the molecule is CCCC=Cc1cc(C)c(C(=O)N=C(N)N)cc1C(F)(F)F. The first-order valence-corrected chi connectivity index (χ1v) is 6.69. The molecular formula is C15H18F3N3O. The third kappa shape index (κ3) is 4.61. The lowest BCUT2D eigenvalue weighted by atomic mass is 9.97. The second-order valence-electron chi connectivity index (χ2n) is 4.79. The van der Waals surface area contributed by atoms with E-state index in [1.807, 2.05) is 6.92 Å². The van der Waals surface area contributed by atoms with Gasteiger partial charge in [0.25, 0.3) is 5.91 Å². The second kappa shape index (κ2) is 7.11. The van der Waals surface area contributed by atoms with Crippen LogP contribution < -0.4 is 11.5 Å². The van der Waals surface area contributed by atoms with Crippen molar-refractivity contribution in [2.45, 2.75) is 32.9 Å². The average molecular weight is 313 g/mol. The topological polar surface area (TPSA) is 81.5 Å². The van der Waals surface area contributed by atoms with E-state index in [2.05, 4.69) is 4.99 Å². The van der Waals surface area contributed by atoms with Crippen LogP contribution in [-0.4, -0.2) is 11.9 Å². The Morgan fingerprint density at radius 2 is 1.95 bits per heavy atom. The van der Waals surface area contributed by atoms with Gasteiger partial charge in [0.05, 0.1) is 5.56 Å². The fraction of sp³-hybridized carbons (Fsp3) is 0.333. The van der Waals surface area contributed by atoms with Crippen molar-refractivity contribution < 1.29 is 18.0 Å². The van der Waals surface area contributed by atoms with Gasteiger partial charge in [0.2, 0.25) is 0 Å². The molecule has 0 aliphatic rings. The van der Waals surface area contributed by atoms with Crippen molar-refractivity contribution in [1.82, 2.24) is 0 Å². The third-order valence-electron chi connectivity index (χ3n) is 2.92. The number of rotatable bonds is 4. The number of carbonyl (C=O) groups excluding carboxylic acids is 1. The number of amides is 1. The highest BCUT2D eigenvalue weighted by atomic mass is 19.4. The minimum absolute atomic E-state index is 0.0136. The molecule has 4 N–H and O–H groups in total. The number of nitrogens with zero attached hydrogens (tertiary/aromatic N) is 1. The summed E-state index contributed by atoms with van der Waals surface area (Å²) in [5.41, 5.74) is 9.50. The van der Waals surface area contributed by atoms with E-state index in [1.165, 1.54) is 19.1 Å². The van der Waals surface area contributed by atoms with Gasteiger partial charge >= 0.3 is 6.18 Å². The summed E-state index contributed by atoms with van der Waals surface area (Å²) < 4.78 is 39.5. The quantitative estimate of drug-likeness (QED) is 0.661. The van der Waals surface area contributed by atoms with Gasteiger partial charge in [-0.25, -0.2) is 0 Å². The molecule has 0 spiro atoms. The van der Waals surface area contributed by atoms with Crippen molar-refractivity contribution in [3.05, 3.63) is 40.5 Å². The molecule has 0 aromatic heterocycles. The smallest absolute Gasteiger partial charge is 0.370 e. The molecule has 1 amide bonds. The van der Waals surface area contributed by atoms with Crippen LogP contribution in [0.2, 0.25) is 0 Å².